The summed E-state index contributed by atoms with van der Waals surface area (Å²) in [5, 5.41) is 6.26. The van der Waals surface area contributed by atoms with Crippen molar-refractivity contribution in [3.63, 3.8) is 0 Å². The van der Waals surface area contributed by atoms with Gasteiger partial charge in [-0.1, -0.05) is 53.4 Å². The minimum absolute atomic E-state index is 0.149. The topological polar surface area (TPSA) is 75.6 Å². The SMILES string of the molecule is CC(C)(C)OC(=O)N/C(=N\Sc1ccccc1)NCc1cnc(-c2ccc(Cl)cc2)c(C2=C=C=C(C(F)(F)F)C=C2)c1. The molecule has 0 atom stereocenters. The molecule has 216 valence electrons. The third kappa shape index (κ3) is 8.90. The average molecular weight is 611 g/mol. The van der Waals surface area contributed by atoms with Gasteiger partial charge in [-0.25, -0.2) is 4.79 Å². The van der Waals surface area contributed by atoms with Crippen molar-refractivity contribution >= 4 is 41.2 Å². The van der Waals surface area contributed by atoms with E-state index in [2.05, 4.69) is 31.5 Å². The van der Waals surface area contributed by atoms with Gasteiger partial charge in [0, 0.05) is 51.3 Å². The maximum atomic E-state index is 13.2. The zero-order valence-corrected chi connectivity index (χ0v) is 24.4. The molecule has 2 aromatic carbocycles. The van der Waals surface area contributed by atoms with Gasteiger partial charge >= 0.3 is 12.3 Å². The molecule has 42 heavy (non-hydrogen) atoms. The van der Waals surface area contributed by atoms with Gasteiger partial charge in [0.15, 0.2) is 0 Å². The number of rotatable bonds is 6. The number of hydrogen-bond acceptors (Lipinski definition) is 5. The number of nitrogens with zero attached hydrogens (tertiary/aromatic N) is 2. The van der Waals surface area contributed by atoms with Crippen molar-refractivity contribution in [3.05, 3.63) is 112 Å². The Morgan fingerprint density at radius 2 is 1.76 bits per heavy atom. The molecule has 0 radical (unpaired) electrons. The zero-order chi connectivity index (χ0) is 30.3. The first-order chi connectivity index (χ1) is 19.9. The number of alkyl carbamates (subject to hydrolysis) is 1. The van der Waals surface area contributed by atoms with E-state index < -0.39 is 23.4 Å². The number of hydrogen-bond donors (Lipinski definition) is 2. The molecule has 0 spiro atoms. The summed E-state index contributed by atoms with van der Waals surface area (Å²) in [6.45, 7) is 5.43. The predicted molar refractivity (Wildman–Crippen MR) is 160 cm³/mol. The number of amides is 1. The van der Waals surface area contributed by atoms with Crippen molar-refractivity contribution in [3.8, 4) is 11.3 Å². The fourth-order valence-electron chi connectivity index (χ4n) is 3.62. The minimum Gasteiger partial charge on any atom is -0.444 e. The van der Waals surface area contributed by atoms with E-state index in [0.717, 1.165) is 28.5 Å². The Morgan fingerprint density at radius 3 is 2.38 bits per heavy atom. The van der Waals surface area contributed by atoms with E-state index >= 15 is 0 Å². The standard InChI is InChI=1S/C31H26ClF3N4O2S/c1-30(2,3)41-29(40)38-28(39-42-25-7-5-4-6-8-25)37-19-20-17-26(21-9-13-23(14-10-21)31(33,34)35)27(36-18-20)22-11-15-24(32)16-12-22/h4-9,11-13,15-18H,19H2,1-3H3,(H2,37,38,39,40). The first-order valence-electron chi connectivity index (χ1n) is 12.7. The van der Waals surface area contributed by atoms with Gasteiger partial charge < -0.3 is 10.1 Å². The Balaban J connectivity index is 1.66. The van der Waals surface area contributed by atoms with Crippen molar-refractivity contribution in [1.82, 2.24) is 15.6 Å². The van der Waals surface area contributed by atoms with Gasteiger partial charge in [-0.2, -0.15) is 17.6 Å². The Labute approximate surface area is 250 Å². The fourth-order valence-corrected chi connectivity index (χ4v) is 4.33. The molecule has 3 aromatic rings. The molecule has 0 saturated heterocycles. The summed E-state index contributed by atoms with van der Waals surface area (Å²) < 4.78 is 49.3. The van der Waals surface area contributed by atoms with Gasteiger partial charge in [0.1, 0.15) is 11.2 Å². The van der Waals surface area contributed by atoms with E-state index in [1.54, 1.807) is 57.3 Å². The molecule has 0 fully saturated rings. The highest BCUT2D eigenvalue weighted by Crippen LogP contribution is 2.33. The molecule has 2 N–H and O–H groups in total. The van der Waals surface area contributed by atoms with Gasteiger partial charge in [-0.3, -0.25) is 10.3 Å². The van der Waals surface area contributed by atoms with Gasteiger partial charge in [-0.15, -0.1) is 0 Å². The lowest BCUT2D eigenvalue weighted by molar-refractivity contribution is -0.0880. The Bertz CT molecular complexity index is 1620. The van der Waals surface area contributed by atoms with Crippen LogP contribution in [0.2, 0.25) is 5.02 Å². The first kappa shape index (κ1) is 30.8. The highest BCUT2D eigenvalue weighted by molar-refractivity contribution is 7.98. The van der Waals surface area contributed by atoms with E-state index in [0.29, 0.717) is 27.4 Å². The normalized spacial score (nSPS) is 13.4. The van der Waals surface area contributed by atoms with Crippen LogP contribution in [-0.2, 0) is 11.3 Å². The van der Waals surface area contributed by atoms with Crippen LogP contribution in [0.25, 0.3) is 16.8 Å². The molecule has 1 heterocycles. The lowest BCUT2D eigenvalue weighted by Crippen LogP contribution is -2.43. The number of benzene rings is 2. The molecule has 0 aliphatic heterocycles. The summed E-state index contributed by atoms with van der Waals surface area (Å²) in [6.07, 6.45) is -1.30. The van der Waals surface area contributed by atoms with Crippen LogP contribution in [-0.4, -0.2) is 28.8 Å². The Kier molecular flexibility index (Phi) is 9.66. The monoisotopic (exact) mass is 610 g/mol. The number of alkyl halides is 3. The number of carbonyl (C=O) groups is 1. The second kappa shape index (κ2) is 13.2. The molecule has 0 unspecified atom stereocenters. The first-order valence-corrected chi connectivity index (χ1v) is 13.8. The predicted octanol–water partition coefficient (Wildman–Crippen LogP) is 8.28. The molecule has 1 aromatic heterocycles. The van der Waals surface area contributed by atoms with Crippen LogP contribution in [0, 0.1) is 0 Å². The zero-order valence-electron chi connectivity index (χ0n) is 22.8. The molecular formula is C31H26ClF3N4O2S. The summed E-state index contributed by atoms with van der Waals surface area (Å²) in [6, 6.07) is 18.1. The van der Waals surface area contributed by atoms with Crippen LogP contribution in [0.5, 0.6) is 0 Å². The maximum Gasteiger partial charge on any atom is 0.424 e. The maximum absolute atomic E-state index is 13.2. The highest BCUT2D eigenvalue weighted by Gasteiger charge is 2.32. The summed E-state index contributed by atoms with van der Waals surface area (Å²) in [5.74, 6) is 0.149. The van der Waals surface area contributed by atoms with Crippen molar-refractivity contribution in [2.24, 2.45) is 4.40 Å². The largest absolute Gasteiger partial charge is 0.444 e. The van der Waals surface area contributed by atoms with Crippen LogP contribution in [0.15, 0.2) is 105 Å². The van der Waals surface area contributed by atoms with Crippen LogP contribution in [0.1, 0.15) is 31.9 Å². The van der Waals surface area contributed by atoms with Gasteiger partial charge in [-0.05, 0) is 68.8 Å². The van der Waals surface area contributed by atoms with Gasteiger partial charge in [0.25, 0.3) is 0 Å². The van der Waals surface area contributed by atoms with Crippen molar-refractivity contribution in [2.75, 3.05) is 0 Å². The number of carbonyl (C=O) groups excluding carboxylic acids is 1. The highest BCUT2D eigenvalue weighted by atomic mass is 35.5. The van der Waals surface area contributed by atoms with Gasteiger partial charge in [0.2, 0.25) is 5.96 Å². The molecule has 4 rings (SSSR count). The lowest BCUT2D eigenvalue weighted by atomic mass is 9.96. The van der Waals surface area contributed by atoms with Gasteiger partial charge in [0.05, 0.1) is 5.69 Å². The number of guanidine groups is 1. The quantitative estimate of drug-likeness (QED) is 0.127. The van der Waals surface area contributed by atoms with E-state index in [1.165, 1.54) is 6.08 Å². The lowest BCUT2D eigenvalue weighted by Gasteiger charge is -2.20. The molecule has 1 aliphatic carbocycles. The number of aromatic nitrogens is 1. The molecular weight excluding hydrogens is 585 g/mol. The molecule has 1 amide bonds. The molecule has 1 aliphatic rings. The second-order valence-electron chi connectivity index (χ2n) is 9.98. The van der Waals surface area contributed by atoms with Crippen molar-refractivity contribution < 1.29 is 22.7 Å². The van der Waals surface area contributed by atoms with Crippen molar-refractivity contribution in [2.45, 2.75) is 44.0 Å². The number of nitrogens with one attached hydrogen (secondary N) is 2. The minimum atomic E-state index is -4.54. The summed E-state index contributed by atoms with van der Waals surface area (Å²) >= 11 is 7.21. The fraction of sp³-hybridized carbons (Fsp3) is 0.194. The molecule has 6 nitrogen and oxygen atoms in total. The summed E-state index contributed by atoms with van der Waals surface area (Å²) in [5.41, 5.74) is 6.03. The van der Waals surface area contributed by atoms with Crippen LogP contribution in [0.3, 0.4) is 0 Å². The summed E-state index contributed by atoms with van der Waals surface area (Å²) in [4.78, 5) is 17.9. The molecule has 11 heteroatoms. The molecule has 0 saturated carbocycles. The average Bonchev–Trinajstić information content (AvgIpc) is 2.94. The third-order valence-corrected chi connectivity index (χ3v) is 6.48. The van der Waals surface area contributed by atoms with E-state index in [1.807, 2.05) is 30.3 Å². The van der Waals surface area contributed by atoms with Crippen molar-refractivity contribution in [1.29, 1.82) is 0 Å². The Hall–Kier alpha value is -4.20. The smallest absolute Gasteiger partial charge is 0.424 e. The number of halogens is 4. The van der Waals surface area contributed by atoms with E-state index in [9.17, 15) is 18.0 Å². The second-order valence-corrected chi connectivity index (χ2v) is 11.3. The number of allylic oxidation sites excluding steroid dienone is 4. The van der Waals surface area contributed by atoms with Crippen LogP contribution in [0.4, 0.5) is 18.0 Å². The molecule has 0 bridgehead atoms. The number of pyridine rings is 1. The third-order valence-electron chi connectivity index (χ3n) is 5.47. The van der Waals surface area contributed by atoms with E-state index in [-0.39, 0.29) is 12.5 Å². The van der Waals surface area contributed by atoms with Crippen LogP contribution < -0.4 is 10.6 Å². The summed E-state index contributed by atoms with van der Waals surface area (Å²) in [7, 11) is 0. The van der Waals surface area contributed by atoms with E-state index in [4.69, 9.17) is 16.3 Å². The van der Waals surface area contributed by atoms with Crippen LogP contribution >= 0.6 is 23.5 Å². The Morgan fingerprint density at radius 1 is 1.05 bits per heavy atom. The number of ether oxygens (including phenoxy) is 1.